The fourth-order valence-electron chi connectivity index (χ4n) is 2.37. The van der Waals surface area contributed by atoms with Gasteiger partial charge in [0.2, 0.25) is 0 Å². The van der Waals surface area contributed by atoms with Crippen molar-refractivity contribution in [2.75, 3.05) is 23.7 Å². The van der Waals surface area contributed by atoms with Gasteiger partial charge in [0.25, 0.3) is 0 Å². The van der Waals surface area contributed by atoms with Gasteiger partial charge in [-0.05, 0) is 37.6 Å². The van der Waals surface area contributed by atoms with Crippen molar-refractivity contribution in [3.8, 4) is 0 Å². The van der Waals surface area contributed by atoms with E-state index in [1.54, 1.807) is 0 Å². The van der Waals surface area contributed by atoms with Crippen molar-refractivity contribution in [3.63, 3.8) is 0 Å². The molecule has 0 spiro atoms. The summed E-state index contributed by atoms with van der Waals surface area (Å²) in [5, 5.41) is 0.696. The lowest BCUT2D eigenvalue weighted by Gasteiger charge is -2.39. The number of nitrogens with zero attached hydrogens (tertiary/aromatic N) is 1. The molecule has 1 heterocycles. The summed E-state index contributed by atoms with van der Waals surface area (Å²) in [4.78, 5) is 2.51. The van der Waals surface area contributed by atoms with Crippen LogP contribution in [0, 0.1) is 0 Å². The van der Waals surface area contributed by atoms with E-state index in [-0.39, 0.29) is 0 Å². The highest BCUT2D eigenvalue weighted by molar-refractivity contribution is 9.10. The number of rotatable bonds is 3. The van der Waals surface area contributed by atoms with Crippen LogP contribution >= 0.6 is 27.7 Å². The van der Waals surface area contributed by atoms with Gasteiger partial charge in [-0.15, -0.1) is 0 Å². The van der Waals surface area contributed by atoms with Crippen LogP contribution in [-0.4, -0.2) is 30.1 Å². The second-order valence-electron chi connectivity index (χ2n) is 4.82. The molecule has 18 heavy (non-hydrogen) atoms. The molecule has 1 fully saturated rings. The first-order valence-corrected chi connectivity index (χ1v) is 8.34. The summed E-state index contributed by atoms with van der Waals surface area (Å²) in [7, 11) is 0. The molecule has 1 saturated heterocycles. The maximum atomic E-state index is 5.62. The standard InChI is InChI=1S/C14H21BrN2S/c1-10-11(2)18-8-7-17(10)13-4-3-12(5-6-16)14(15)9-13/h3-4,9-11H,5-8,16H2,1-2H3. The molecular weight excluding hydrogens is 308 g/mol. The maximum Gasteiger partial charge on any atom is 0.0380 e. The fourth-order valence-corrected chi connectivity index (χ4v) is 4.03. The van der Waals surface area contributed by atoms with E-state index in [1.165, 1.54) is 21.5 Å². The highest BCUT2D eigenvalue weighted by Crippen LogP contribution is 2.31. The van der Waals surface area contributed by atoms with Gasteiger partial charge in [-0.2, -0.15) is 11.8 Å². The SMILES string of the molecule is CC1SCCN(c2ccc(CCN)c(Br)c2)C1C. The molecule has 1 aliphatic rings. The zero-order chi connectivity index (χ0) is 13.1. The van der Waals surface area contributed by atoms with Gasteiger partial charge in [-0.1, -0.05) is 28.9 Å². The summed E-state index contributed by atoms with van der Waals surface area (Å²) in [6.45, 7) is 6.47. The highest BCUT2D eigenvalue weighted by Gasteiger charge is 2.25. The quantitative estimate of drug-likeness (QED) is 0.923. The Morgan fingerprint density at radius 1 is 1.44 bits per heavy atom. The number of nitrogens with two attached hydrogens (primary N) is 1. The summed E-state index contributed by atoms with van der Waals surface area (Å²) < 4.78 is 1.18. The third kappa shape index (κ3) is 3.03. The van der Waals surface area contributed by atoms with Crippen LogP contribution < -0.4 is 10.6 Å². The molecule has 4 heteroatoms. The number of anilines is 1. The van der Waals surface area contributed by atoms with Gasteiger partial charge >= 0.3 is 0 Å². The molecule has 1 aromatic carbocycles. The monoisotopic (exact) mass is 328 g/mol. The molecule has 0 amide bonds. The topological polar surface area (TPSA) is 29.3 Å². The molecule has 0 saturated carbocycles. The molecule has 2 rings (SSSR count). The summed E-state index contributed by atoms with van der Waals surface area (Å²) in [6.07, 6.45) is 0.933. The van der Waals surface area contributed by atoms with E-state index in [1.807, 2.05) is 0 Å². The van der Waals surface area contributed by atoms with Crippen LogP contribution in [0.5, 0.6) is 0 Å². The first-order chi connectivity index (χ1) is 8.63. The third-order valence-corrected chi connectivity index (χ3v) is 5.74. The third-order valence-electron chi connectivity index (χ3n) is 3.67. The average molecular weight is 329 g/mol. The van der Waals surface area contributed by atoms with E-state index < -0.39 is 0 Å². The number of thioether (sulfide) groups is 1. The number of benzene rings is 1. The summed E-state index contributed by atoms with van der Waals surface area (Å²) in [5.41, 5.74) is 8.24. The summed E-state index contributed by atoms with van der Waals surface area (Å²) in [6, 6.07) is 7.26. The molecule has 2 atom stereocenters. The van der Waals surface area contributed by atoms with Gasteiger partial charge in [-0.25, -0.2) is 0 Å². The minimum absolute atomic E-state index is 0.594. The van der Waals surface area contributed by atoms with E-state index in [2.05, 4.69) is 64.6 Å². The van der Waals surface area contributed by atoms with E-state index in [0.29, 0.717) is 17.8 Å². The fraction of sp³-hybridized carbons (Fsp3) is 0.571. The highest BCUT2D eigenvalue weighted by atomic mass is 79.9. The average Bonchev–Trinajstić information content (AvgIpc) is 2.35. The maximum absolute atomic E-state index is 5.62. The Balaban J connectivity index is 2.20. The van der Waals surface area contributed by atoms with Gasteiger partial charge < -0.3 is 10.6 Å². The number of halogens is 1. The normalized spacial score (nSPS) is 24.3. The molecule has 2 nitrogen and oxygen atoms in total. The zero-order valence-electron chi connectivity index (χ0n) is 11.0. The Bertz CT molecular complexity index is 411. The Labute approximate surface area is 122 Å². The molecule has 0 radical (unpaired) electrons. The molecule has 1 aromatic rings. The first kappa shape index (κ1) is 14.2. The lowest BCUT2D eigenvalue weighted by molar-refractivity contribution is 0.627. The van der Waals surface area contributed by atoms with Crippen LogP contribution in [0.2, 0.25) is 0 Å². The molecule has 2 N–H and O–H groups in total. The molecule has 2 unspecified atom stereocenters. The summed E-state index contributed by atoms with van der Waals surface area (Å²) in [5.74, 6) is 1.22. The van der Waals surface area contributed by atoms with Crippen LogP contribution in [0.15, 0.2) is 22.7 Å². The number of hydrogen-bond acceptors (Lipinski definition) is 3. The Kier molecular flexibility index (Phi) is 4.98. The molecule has 1 aliphatic heterocycles. The predicted octanol–water partition coefficient (Wildman–Crippen LogP) is 3.28. The minimum Gasteiger partial charge on any atom is -0.367 e. The zero-order valence-corrected chi connectivity index (χ0v) is 13.4. The number of hydrogen-bond donors (Lipinski definition) is 1. The predicted molar refractivity (Wildman–Crippen MR) is 85.6 cm³/mol. The lowest BCUT2D eigenvalue weighted by Crippen LogP contribution is -2.44. The molecular formula is C14H21BrN2S. The Hall–Kier alpha value is -0.190. The van der Waals surface area contributed by atoms with E-state index >= 15 is 0 Å². The molecule has 0 aromatic heterocycles. The molecule has 0 bridgehead atoms. The van der Waals surface area contributed by atoms with Crippen LogP contribution in [0.1, 0.15) is 19.4 Å². The van der Waals surface area contributed by atoms with Crippen molar-refractivity contribution in [2.24, 2.45) is 5.73 Å². The molecule has 100 valence electrons. The van der Waals surface area contributed by atoms with Crippen molar-refractivity contribution >= 4 is 33.4 Å². The van der Waals surface area contributed by atoms with E-state index in [9.17, 15) is 0 Å². The largest absolute Gasteiger partial charge is 0.367 e. The summed E-state index contributed by atoms with van der Waals surface area (Å²) >= 11 is 5.73. The van der Waals surface area contributed by atoms with Crippen molar-refractivity contribution in [1.82, 2.24) is 0 Å². The van der Waals surface area contributed by atoms with Crippen LogP contribution in [0.25, 0.3) is 0 Å². The minimum atomic E-state index is 0.594. The van der Waals surface area contributed by atoms with E-state index in [0.717, 1.165) is 13.0 Å². The lowest BCUT2D eigenvalue weighted by atomic mass is 10.1. The van der Waals surface area contributed by atoms with Gasteiger partial charge in [0.15, 0.2) is 0 Å². The smallest absolute Gasteiger partial charge is 0.0380 e. The van der Waals surface area contributed by atoms with Crippen LogP contribution in [-0.2, 0) is 6.42 Å². The van der Waals surface area contributed by atoms with Gasteiger partial charge in [0.05, 0.1) is 0 Å². The van der Waals surface area contributed by atoms with Gasteiger partial charge in [-0.3, -0.25) is 0 Å². The van der Waals surface area contributed by atoms with Crippen LogP contribution in [0.3, 0.4) is 0 Å². The van der Waals surface area contributed by atoms with Crippen molar-refractivity contribution in [2.45, 2.75) is 31.6 Å². The Morgan fingerprint density at radius 3 is 2.89 bits per heavy atom. The van der Waals surface area contributed by atoms with Crippen molar-refractivity contribution < 1.29 is 0 Å². The Morgan fingerprint density at radius 2 is 2.22 bits per heavy atom. The second kappa shape index (κ2) is 6.31. The van der Waals surface area contributed by atoms with Crippen LogP contribution in [0.4, 0.5) is 5.69 Å². The first-order valence-electron chi connectivity index (χ1n) is 6.50. The second-order valence-corrected chi connectivity index (χ2v) is 7.16. The van der Waals surface area contributed by atoms with Crippen molar-refractivity contribution in [3.05, 3.63) is 28.2 Å². The van der Waals surface area contributed by atoms with Crippen molar-refractivity contribution in [1.29, 1.82) is 0 Å². The van der Waals surface area contributed by atoms with Gasteiger partial charge in [0.1, 0.15) is 0 Å². The van der Waals surface area contributed by atoms with E-state index in [4.69, 9.17) is 5.73 Å². The van der Waals surface area contributed by atoms with Gasteiger partial charge in [0, 0.05) is 33.7 Å². The molecule has 0 aliphatic carbocycles.